The second kappa shape index (κ2) is 4.16. The van der Waals surface area contributed by atoms with Crippen molar-refractivity contribution in [1.29, 1.82) is 0 Å². The van der Waals surface area contributed by atoms with E-state index in [2.05, 4.69) is 6.07 Å². The maximum atomic E-state index is 10.7. The molecule has 0 saturated heterocycles. The molecule has 1 aromatic carbocycles. The molecule has 0 bridgehead atoms. The van der Waals surface area contributed by atoms with E-state index in [9.17, 15) is 4.79 Å². The van der Waals surface area contributed by atoms with Crippen molar-refractivity contribution in [3.63, 3.8) is 0 Å². The Bertz CT molecular complexity index is 423. The number of fused-ring (bicyclic) bond motifs is 1. The predicted molar refractivity (Wildman–Crippen MR) is 61.0 cm³/mol. The van der Waals surface area contributed by atoms with Crippen molar-refractivity contribution in [2.45, 2.75) is 32.6 Å². The number of hydrogen-bond acceptors (Lipinski definition) is 2. The number of carboxylic acids is 1. The zero-order chi connectivity index (χ0) is 11.7. The number of aryl methyl sites for hydroxylation is 1. The second-order valence-electron chi connectivity index (χ2n) is 4.42. The van der Waals surface area contributed by atoms with Gasteiger partial charge in [0.05, 0.1) is 13.0 Å². The van der Waals surface area contributed by atoms with Crippen molar-refractivity contribution >= 4 is 5.97 Å². The average molecular weight is 220 g/mol. The van der Waals surface area contributed by atoms with Crippen LogP contribution in [-0.4, -0.2) is 17.7 Å². The monoisotopic (exact) mass is 220 g/mol. The van der Waals surface area contributed by atoms with Crippen molar-refractivity contribution in [3.8, 4) is 5.75 Å². The molecule has 0 radical (unpaired) electrons. The summed E-state index contributed by atoms with van der Waals surface area (Å²) in [5.74, 6) is 0.301. The lowest BCUT2D eigenvalue weighted by Crippen LogP contribution is -2.03. The largest absolute Gasteiger partial charge is 0.493 e. The fourth-order valence-corrected chi connectivity index (χ4v) is 2.20. The van der Waals surface area contributed by atoms with Gasteiger partial charge in [0, 0.05) is 6.42 Å². The summed E-state index contributed by atoms with van der Waals surface area (Å²) in [4.78, 5) is 10.7. The average Bonchev–Trinajstić information content (AvgIpc) is 2.64. The Hall–Kier alpha value is -1.51. The van der Waals surface area contributed by atoms with E-state index in [0.29, 0.717) is 0 Å². The molecule has 16 heavy (non-hydrogen) atoms. The maximum absolute atomic E-state index is 10.7. The minimum absolute atomic E-state index is 0.0575. The smallest absolute Gasteiger partial charge is 0.303 e. The molecule has 0 fully saturated rings. The molecular weight excluding hydrogens is 204 g/mol. The minimum Gasteiger partial charge on any atom is -0.493 e. The molecule has 86 valence electrons. The summed E-state index contributed by atoms with van der Waals surface area (Å²) in [7, 11) is 0. The summed E-state index contributed by atoms with van der Waals surface area (Å²) in [6.07, 6.45) is 1.11. The van der Waals surface area contributed by atoms with E-state index in [1.807, 2.05) is 19.9 Å². The van der Waals surface area contributed by atoms with E-state index in [0.717, 1.165) is 29.9 Å². The fraction of sp³-hybridized carbons (Fsp3) is 0.462. The van der Waals surface area contributed by atoms with Crippen LogP contribution in [0.15, 0.2) is 12.1 Å². The van der Waals surface area contributed by atoms with Gasteiger partial charge in [0.15, 0.2) is 0 Å². The Kier molecular flexibility index (Phi) is 2.86. The second-order valence-corrected chi connectivity index (χ2v) is 4.42. The third-order valence-electron chi connectivity index (χ3n) is 3.04. The van der Waals surface area contributed by atoms with Gasteiger partial charge in [-0.25, -0.2) is 0 Å². The highest BCUT2D eigenvalue weighted by atomic mass is 16.5. The molecule has 3 heteroatoms. The van der Waals surface area contributed by atoms with Gasteiger partial charge in [-0.15, -0.1) is 0 Å². The summed E-state index contributed by atoms with van der Waals surface area (Å²) in [6.45, 7) is 4.71. The van der Waals surface area contributed by atoms with Crippen LogP contribution in [0.25, 0.3) is 0 Å². The number of rotatable bonds is 3. The molecule has 1 aliphatic rings. The van der Waals surface area contributed by atoms with Gasteiger partial charge in [-0.3, -0.25) is 4.79 Å². The SMILES string of the molecule is Cc1cc(C(C)CC(=O)O)cc2c1OCC2. The zero-order valence-corrected chi connectivity index (χ0v) is 9.62. The van der Waals surface area contributed by atoms with Gasteiger partial charge < -0.3 is 9.84 Å². The number of aliphatic carboxylic acids is 1. The van der Waals surface area contributed by atoms with Crippen molar-refractivity contribution in [3.05, 3.63) is 28.8 Å². The topological polar surface area (TPSA) is 46.5 Å². The van der Waals surface area contributed by atoms with Crippen LogP contribution >= 0.6 is 0 Å². The molecule has 1 atom stereocenters. The lowest BCUT2D eigenvalue weighted by molar-refractivity contribution is -0.137. The molecule has 0 aromatic heterocycles. The molecule has 1 N–H and O–H groups in total. The first-order valence-corrected chi connectivity index (χ1v) is 5.56. The molecule has 0 spiro atoms. The number of carboxylic acid groups (broad SMARTS) is 1. The van der Waals surface area contributed by atoms with Crippen LogP contribution in [-0.2, 0) is 11.2 Å². The van der Waals surface area contributed by atoms with Gasteiger partial charge in [0.1, 0.15) is 5.75 Å². The number of benzene rings is 1. The molecule has 1 heterocycles. The van der Waals surface area contributed by atoms with Gasteiger partial charge in [-0.1, -0.05) is 19.1 Å². The third-order valence-corrected chi connectivity index (χ3v) is 3.04. The Morgan fingerprint density at radius 2 is 2.31 bits per heavy atom. The summed E-state index contributed by atoms with van der Waals surface area (Å²) >= 11 is 0. The quantitative estimate of drug-likeness (QED) is 0.851. The summed E-state index contributed by atoms with van der Waals surface area (Å²) in [6, 6.07) is 4.13. The first kappa shape index (κ1) is 11.0. The van der Waals surface area contributed by atoms with E-state index in [-0.39, 0.29) is 12.3 Å². The number of ether oxygens (including phenoxy) is 1. The normalized spacial score (nSPS) is 15.4. The van der Waals surface area contributed by atoms with E-state index in [1.54, 1.807) is 0 Å². The first-order valence-electron chi connectivity index (χ1n) is 5.56. The van der Waals surface area contributed by atoms with Crippen LogP contribution in [0.5, 0.6) is 5.75 Å². The Morgan fingerprint density at radius 3 is 3.00 bits per heavy atom. The lowest BCUT2D eigenvalue weighted by Gasteiger charge is -2.12. The van der Waals surface area contributed by atoms with Gasteiger partial charge in [-0.05, 0) is 29.5 Å². The molecule has 3 nitrogen and oxygen atoms in total. The molecular formula is C13H16O3. The third kappa shape index (κ3) is 2.03. The van der Waals surface area contributed by atoms with Crippen molar-refractivity contribution in [2.75, 3.05) is 6.61 Å². The highest BCUT2D eigenvalue weighted by molar-refractivity contribution is 5.68. The molecule has 0 aliphatic carbocycles. The van der Waals surface area contributed by atoms with Crippen molar-refractivity contribution in [2.24, 2.45) is 0 Å². The van der Waals surface area contributed by atoms with Crippen molar-refractivity contribution in [1.82, 2.24) is 0 Å². The maximum Gasteiger partial charge on any atom is 0.303 e. The van der Waals surface area contributed by atoms with Gasteiger partial charge in [0.25, 0.3) is 0 Å². The van der Waals surface area contributed by atoms with E-state index in [4.69, 9.17) is 9.84 Å². The zero-order valence-electron chi connectivity index (χ0n) is 9.62. The highest BCUT2D eigenvalue weighted by Gasteiger charge is 2.18. The van der Waals surface area contributed by atoms with E-state index < -0.39 is 5.97 Å². The Morgan fingerprint density at radius 1 is 1.56 bits per heavy atom. The van der Waals surface area contributed by atoms with Gasteiger partial charge in [0.2, 0.25) is 0 Å². The molecule has 2 rings (SSSR count). The van der Waals surface area contributed by atoms with Crippen LogP contribution in [0.2, 0.25) is 0 Å². The van der Waals surface area contributed by atoms with Crippen LogP contribution in [0.3, 0.4) is 0 Å². The first-order chi connectivity index (χ1) is 7.58. The Labute approximate surface area is 95.0 Å². The van der Waals surface area contributed by atoms with E-state index in [1.165, 1.54) is 5.56 Å². The lowest BCUT2D eigenvalue weighted by atomic mass is 9.93. The van der Waals surface area contributed by atoms with Gasteiger partial charge in [-0.2, -0.15) is 0 Å². The minimum atomic E-state index is -0.748. The summed E-state index contributed by atoms with van der Waals surface area (Å²) in [5.41, 5.74) is 3.43. The predicted octanol–water partition coefficient (Wildman–Crippen LogP) is 2.51. The van der Waals surface area contributed by atoms with Crippen LogP contribution in [0.1, 0.15) is 36.0 Å². The molecule has 0 amide bonds. The molecule has 1 unspecified atom stereocenters. The van der Waals surface area contributed by atoms with Crippen LogP contribution < -0.4 is 4.74 Å². The summed E-state index contributed by atoms with van der Waals surface area (Å²) in [5, 5.41) is 8.78. The molecule has 1 aliphatic heterocycles. The molecule has 0 saturated carbocycles. The van der Waals surface area contributed by atoms with Crippen molar-refractivity contribution < 1.29 is 14.6 Å². The van der Waals surface area contributed by atoms with E-state index >= 15 is 0 Å². The fourth-order valence-electron chi connectivity index (χ4n) is 2.20. The highest BCUT2D eigenvalue weighted by Crippen LogP contribution is 2.33. The number of hydrogen-bond donors (Lipinski definition) is 1. The van der Waals surface area contributed by atoms with Gasteiger partial charge >= 0.3 is 5.97 Å². The number of carbonyl (C=O) groups is 1. The van der Waals surface area contributed by atoms with Crippen LogP contribution in [0.4, 0.5) is 0 Å². The Balaban J connectivity index is 2.29. The summed E-state index contributed by atoms with van der Waals surface area (Å²) < 4.78 is 5.53. The standard InChI is InChI=1S/C13H16O3/c1-8(6-12(14)15)11-5-9(2)13-10(7-11)3-4-16-13/h5,7-8H,3-4,6H2,1-2H3,(H,14,15). The van der Waals surface area contributed by atoms with Crippen LogP contribution in [0, 0.1) is 6.92 Å². The molecule has 1 aromatic rings.